The molecule has 0 saturated carbocycles. The number of rotatable bonds is 8. The van der Waals surface area contributed by atoms with E-state index in [0.29, 0.717) is 23.6 Å². The molecule has 1 aliphatic rings. The normalized spacial score (nSPS) is 14.9. The van der Waals surface area contributed by atoms with E-state index in [9.17, 15) is 4.79 Å². The molecule has 1 amide bonds. The van der Waals surface area contributed by atoms with E-state index >= 15 is 0 Å². The number of benzene rings is 2. The Morgan fingerprint density at radius 2 is 1.69 bits per heavy atom. The van der Waals surface area contributed by atoms with Crippen LogP contribution in [0.15, 0.2) is 48.5 Å². The van der Waals surface area contributed by atoms with Crippen molar-refractivity contribution >= 4 is 23.2 Å². The van der Waals surface area contributed by atoms with Crippen LogP contribution in [-0.4, -0.2) is 61.6 Å². The lowest BCUT2D eigenvalue weighted by Gasteiger charge is -2.34. The monoisotopic (exact) mass is 412 g/mol. The third kappa shape index (κ3) is 6.75. The molecule has 152 valence electrons. The zero-order valence-electron chi connectivity index (χ0n) is 16.3. The van der Waals surface area contributed by atoms with Gasteiger partial charge in [-0.25, -0.2) is 0 Å². The quantitative estimate of drug-likeness (QED) is 0.720. The maximum atomic E-state index is 12.1. The summed E-state index contributed by atoms with van der Waals surface area (Å²) in [6.07, 6.45) is 0.454. The van der Waals surface area contributed by atoms with Crippen molar-refractivity contribution in [1.29, 1.82) is 5.26 Å². The fraction of sp³-hybridized carbons (Fsp3) is 0.364. The summed E-state index contributed by atoms with van der Waals surface area (Å²) in [6.45, 7) is 6.01. The Morgan fingerprint density at radius 1 is 1.03 bits per heavy atom. The molecule has 0 radical (unpaired) electrons. The number of anilines is 1. The average Bonchev–Trinajstić information content (AvgIpc) is 2.75. The van der Waals surface area contributed by atoms with Gasteiger partial charge >= 0.3 is 0 Å². The Bertz CT molecular complexity index is 843. The second-order valence-corrected chi connectivity index (χ2v) is 7.36. The van der Waals surface area contributed by atoms with Crippen LogP contribution in [0.1, 0.15) is 12.0 Å². The molecule has 0 aromatic heterocycles. The number of piperazine rings is 1. The first-order chi connectivity index (χ1) is 14.1. The van der Waals surface area contributed by atoms with E-state index in [1.54, 1.807) is 24.3 Å². The number of amides is 1. The van der Waals surface area contributed by atoms with E-state index in [0.717, 1.165) is 50.7 Å². The second-order valence-electron chi connectivity index (χ2n) is 6.95. The number of nitrogens with zero attached hydrogens (tertiary/aromatic N) is 3. The summed E-state index contributed by atoms with van der Waals surface area (Å²) in [4.78, 5) is 16.8. The van der Waals surface area contributed by atoms with E-state index in [-0.39, 0.29) is 5.91 Å². The van der Waals surface area contributed by atoms with Gasteiger partial charge in [-0.15, -0.1) is 0 Å². The molecule has 3 rings (SSSR count). The van der Waals surface area contributed by atoms with Gasteiger partial charge in [0.2, 0.25) is 5.91 Å². The van der Waals surface area contributed by atoms with Crippen molar-refractivity contribution < 1.29 is 9.53 Å². The Morgan fingerprint density at radius 3 is 2.34 bits per heavy atom. The van der Waals surface area contributed by atoms with Gasteiger partial charge in [0.1, 0.15) is 12.4 Å². The molecule has 29 heavy (non-hydrogen) atoms. The highest BCUT2D eigenvalue weighted by atomic mass is 35.5. The Kier molecular flexibility index (Phi) is 7.88. The summed E-state index contributed by atoms with van der Waals surface area (Å²) < 4.78 is 5.76. The van der Waals surface area contributed by atoms with Crippen LogP contribution in [-0.2, 0) is 4.79 Å². The predicted molar refractivity (Wildman–Crippen MR) is 114 cm³/mol. The van der Waals surface area contributed by atoms with Gasteiger partial charge in [-0.05, 0) is 36.4 Å². The number of halogens is 1. The molecule has 1 saturated heterocycles. The van der Waals surface area contributed by atoms with Crippen LogP contribution in [0.4, 0.5) is 5.69 Å². The number of para-hydroxylation sites is 1. The number of hydrogen-bond acceptors (Lipinski definition) is 5. The summed E-state index contributed by atoms with van der Waals surface area (Å²) >= 11 is 6.10. The van der Waals surface area contributed by atoms with Gasteiger partial charge < -0.3 is 15.0 Å². The number of nitrogens with one attached hydrogen (secondary N) is 1. The van der Waals surface area contributed by atoms with Crippen molar-refractivity contribution in [2.24, 2.45) is 0 Å². The average molecular weight is 413 g/mol. The molecule has 0 aliphatic carbocycles. The minimum absolute atomic E-state index is 0.00900. The molecule has 6 nitrogen and oxygen atoms in total. The molecule has 1 aliphatic heterocycles. The first-order valence-corrected chi connectivity index (χ1v) is 10.1. The van der Waals surface area contributed by atoms with Crippen molar-refractivity contribution in [1.82, 2.24) is 9.80 Å². The van der Waals surface area contributed by atoms with Gasteiger partial charge in [0.25, 0.3) is 0 Å². The number of ether oxygens (including phenoxy) is 1. The van der Waals surface area contributed by atoms with E-state index < -0.39 is 0 Å². The van der Waals surface area contributed by atoms with Crippen molar-refractivity contribution in [3.63, 3.8) is 0 Å². The van der Waals surface area contributed by atoms with Gasteiger partial charge in [-0.1, -0.05) is 23.7 Å². The fourth-order valence-electron chi connectivity index (χ4n) is 3.19. The minimum atomic E-state index is -0.00900. The van der Waals surface area contributed by atoms with E-state index in [1.807, 2.05) is 24.3 Å². The van der Waals surface area contributed by atoms with Crippen molar-refractivity contribution in [3.8, 4) is 11.8 Å². The van der Waals surface area contributed by atoms with Crippen LogP contribution in [0, 0.1) is 11.3 Å². The molecule has 7 heteroatoms. The van der Waals surface area contributed by atoms with Crippen LogP contribution >= 0.6 is 11.6 Å². The first kappa shape index (κ1) is 21.1. The van der Waals surface area contributed by atoms with E-state index in [4.69, 9.17) is 21.6 Å². The Labute approximate surface area is 176 Å². The van der Waals surface area contributed by atoms with Crippen LogP contribution in [0.25, 0.3) is 0 Å². The molecule has 0 spiro atoms. The first-order valence-electron chi connectivity index (χ1n) is 9.76. The highest BCUT2D eigenvalue weighted by Gasteiger charge is 2.17. The molecular formula is C22H25ClN4O2. The molecule has 0 bridgehead atoms. The molecule has 1 heterocycles. The van der Waals surface area contributed by atoms with Gasteiger partial charge in [-0.3, -0.25) is 9.69 Å². The number of carbonyl (C=O) groups is 1. The summed E-state index contributed by atoms with van der Waals surface area (Å²) in [5.74, 6) is 0.714. The van der Waals surface area contributed by atoms with Crippen molar-refractivity contribution in [2.45, 2.75) is 6.42 Å². The molecule has 1 fully saturated rings. The summed E-state index contributed by atoms with van der Waals surface area (Å²) in [5.41, 5.74) is 1.30. The largest absolute Gasteiger partial charge is 0.491 e. The van der Waals surface area contributed by atoms with E-state index in [2.05, 4.69) is 21.2 Å². The number of carbonyl (C=O) groups excluding carboxylic acids is 1. The Hall–Kier alpha value is -2.59. The molecule has 0 atom stereocenters. The number of nitriles is 1. The molecule has 1 N–H and O–H groups in total. The van der Waals surface area contributed by atoms with Gasteiger partial charge in [0, 0.05) is 51.4 Å². The lowest BCUT2D eigenvalue weighted by molar-refractivity contribution is -0.116. The van der Waals surface area contributed by atoms with E-state index in [1.165, 1.54) is 0 Å². The molecule has 0 unspecified atom stereocenters. The maximum Gasteiger partial charge on any atom is 0.225 e. The molecule has 2 aromatic carbocycles. The van der Waals surface area contributed by atoms with Gasteiger partial charge in [0.05, 0.1) is 16.7 Å². The highest BCUT2D eigenvalue weighted by Crippen LogP contribution is 2.22. The number of hydrogen-bond donors (Lipinski definition) is 1. The topological polar surface area (TPSA) is 68.6 Å². The summed E-state index contributed by atoms with van der Waals surface area (Å²) in [5, 5.41) is 12.3. The van der Waals surface area contributed by atoms with Crippen LogP contribution in [0.5, 0.6) is 5.75 Å². The standard InChI is InChI=1S/C22H25ClN4O2/c23-20-3-1-2-4-21(20)29-16-15-27-13-11-26(12-14-27)10-9-22(28)25-19-7-5-18(17-24)6-8-19/h1-8H,9-16H2,(H,25,28). The molecular weight excluding hydrogens is 388 g/mol. The van der Waals surface area contributed by atoms with Crippen LogP contribution < -0.4 is 10.1 Å². The SMILES string of the molecule is N#Cc1ccc(NC(=O)CCN2CCN(CCOc3ccccc3Cl)CC2)cc1. The zero-order chi connectivity index (χ0) is 20.5. The third-order valence-corrected chi connectivity index (χ3v) is 5.23. The zero-order valence-corrected chi connectivity index (χ0v) is 17.1. The van der Waals surface area contributed by atoms with Gasteiger partial charge in [-0.2, -0.15) is 5.26 Å². The summed E-state index contributed by atoms with van der Waals surface area (Å²) in [6, 6.07) is 16.5. The fourth-order valence-corrected chi connectivity index (χ4v) is 3.38. The van der Waals surface area contributed by atoms with Crippen molar-refractivity contribution in [2.75, 3.05) is 51.2 Å². The second kappa shape index (κ2) is 10.8. The Balaban J connectivity index is 1.30. The molecule has 2 aromatic rings. The predicted octanol–water partition coefficient (Wildman–Crippen LogP) is 3.24. The van der Waals surface area contributed by atoms with Gasteiger partial charge in [0.15, 0.2) is 0 Å². The summed E-state index contributed by atoms with van der Waals surface area (Å²) in [7, 11) is 0. The minimum Gasteiger partial charge on any atom is -0.491 e. The lowest BCUT2D eigenvalue weighted by atomic mass is 10.2. The third-order valence-electron chi connectivity index (χ3n) is 4.92. The van der Waals surface area contributed by atoms with Crippen LogP contribution in [0.2, 0.25) is 5.02 Å². The van der Waals surface area contributed by atoms with Crippen LogP contribution in [0.3, 0.4) is 0 Å². The smallest absolute Gasteiger partial charge is 0.225 e. The van der Waals surface area contributed by atoms with Crippen molar-refractivity contribution in [3.05, 3.63) is 59.1 Å². The lowest BCUT2D eigenvalue weighted by Crippen LogP contribution is -2.48. The highest BCUT2D eigenvalue weighted by molar-refractivity contribution is 6.32. The maximum absolute atomic E-state index is 12.1.